The van der Waals surface area contributed by atoms with Crippen LogP contribution in [0, 0.1) is 34.5 Å². The molecule has 2 aromatic carbocycles. The van der Waals surface area contributed by atoms with Crippen LogP contribution in [0.25, 0.3) is 0 Å². The van der Waals surface area contributed by atoms with Crippen molar-refractivity contribution >= 4 is 23.6 Å². The number of nitrogens with one attached hydrogen (secondary N) is 1. The Kier molecular flexibility index (Phi) is 9.39. The van der Waals surface area contributed by atoms with Crippen LogP contribution >= 0.6 is 0 Å². The number of esters is 2. The molecule has 1 amide bonds. The van der Waals surface area contributed by atoms with E-state index in [9.17, 15) is 34.5 Å². The zero-order chi connectivity index (χ0) is 37.3. The molecule has 10 heteroatoms. The molecule has 0 heterocycles. The molecule has 2 bridgehead atoms. The van der Waals surface area contributed by atoms with E-state index in [-0.39, 0.29) is 18.1 Å². The largest absolute Gasteiger partial charge is 0.459 e. The van der Waals surface area contributed by atoms with Gasteiger partial charge in [0.2, 0.25) is 0 Å². The second-order valence-corrected chi connectivity index (χ2v) is 16.1. The van der Waals surface area contributed by atoms with Gasteiger partial charge in [-0.25, -0.2) is 4.79 Å². The molecule has 274 valence electrons. The number of carbonyl (C=O) groups excluding carboxylic acids is 4. The summed E-state index contributed by atoms with van der Waals surface area (Å²) in [6, 6.07) is 16.0. The number of hydrogen-bond acceptors (Lipinski definition) is 9. The smallest absolute Gasteiger partial charge is 0.338 e. The molecule has 0 spiro atoms. The molecule has 0 unspecified atom stereocenters. The van der Waals surface area contributed by atoms with E-state index in [4.69, 9.17) is 9.47 Å². The topological polar surface area (TPSA) is 159 Å². The van der Waals surface area contributed by atoms with Gasteiger partial charge < -0.3 is 30.1 Å². The quantitative estimate of drug-likeness (QED) is 0.234. The molecule has 11 atom stereocenters. The van der Waals surface area contributed by atoms with Crippen molar-refractivity contribution in [2.45, 2.75) is 110 Å². The lowest BCUT2D eigenvalue weighted by Crippen LogP contribution is -2.75. The Morgan fingerprint density at radius 3 is 2.16 bits per heavy atom. The molecule has 4 aliphatic carbocycles. The molecule has 10 nitrogen and oxygen atoms in total. The van der Waals surface area contributed by atoms with Gasteiger partial charge in [0.25, 0.3) is 5.91 Å². The summed E-state index contributed by atoms with van der Waals surface area (Å²) >= 11 is 0. The van der Waals surface area contributed by atoms with Gasteiger partial charge in [-0.1, -0.05) is 76.2 Å². The second kappa shape index (κ2) is 13.0. The molecule has 3 saturated carbocycles. The van der Waals surface area contributed by atoms with Crippen molar-refractivity contribution in [3.8, 4) is 0 Å². The van der Waals surface area contributed by atoms with Crippen LogP contribution in [-0.2, 0) is 23.9 Å². The predicted molar refractivity (Wildman–Crippen MR) is 188 cm³/mol. The number of ketones is 1. The van der Waals surface area contributed by atoms with Crippen LogP contribution in [0.4, 0.5) is 0 Å². The number of benzene rings is 2. The fourth-order valence-corrected chi connectivity index (χ4v) is 10.7. The number of carbonyl (C=O) groups is 4. The highest BCUT2D eigenvalue weighted by Crippen LogP contribution is 2.68. The molecule has 3 fully saturated rings. The van der Waals surface area contributed by atoms with Gasteiger partial charge in [0, 0.05) is 42.1 Å². The van der Waals surface area contributed by atoms with Crippen LogP contribution in [0.3, 0.4) is 0 Å². The zero-order valence-corrected chi connectivity index (χ0v) is 30.5. The first-order valence-electron chi connectivity index (χ1n) is 18.1. The predicted octanol–water partition coefficient (Wildman–Crippen LogP) is 4.86. The highest BCUT2D eigenvalue weighted by molar-refractivity contribution is 5.95. The average Bonchev–Trinajstić information content (AvgIpc) is 3.09. The van der Waals surface area contributed by atoms with Gasteiger partial charge in [-0.05, 0) is 67.9 Å². The maximum absolute atomic E-state index is 14.9. The highest BCUT2D eigenvalue weighted by Gasteiger charge is 2.74. The van der Waals surface area contributed by atoms with Crippen molar-refractivity contribution in [1.29, 1.82) is 0 Å². The van der Waals surface area contributed by atoms with Crippen LogP contribution in [0.2, 0.25) is 0 Å². The molecule has 4 aliphatic rings. The number of fused-ring (bicyclic) bond motifs is 5. The number of aliphatic hydroxyl groups excluding tert-OH is 2. The van der Waals surface area contributed by atoms with E-state index in [0.717, 1.165) is 6.42 Å². The summed E-state index contributed by atoms with van der Waals surface area (Å²) in [5, 5.41) is 39.2. The van der Waals surface area contributed by atoms with Crippen molar-refractivity contribution in [3.63, 3.8) is 0 Å². The van der Waals surface area contributed by atoms with E-state index in [1.54, 1.807) is 81.4 Å². The van der Waals surface area contributed by atoms with Gasteiger partial charge in [0.1, 0.15) is 17.5 Å². The number of aliphatic hydroxyl groups is 3. The average molecular weight is 702 g/mol. The van der Waals surface area contributed by atoms with Gasteiger partial charge in [0.15, 0.2) is 6.10 Å². The number of Topliss-reactive ketones (excluding diaryl/α,β-unsaturated/α-hetero) is 1. The maximum Gasteiger partial charge on any atom is 0.338 e. The molecule has 0 radical (unpaired) electrons. The van der Waals surface area contributed by atoms with Crippen molar-refractivity contribution < 1.29 is 44.0 Å². The summed E-state index contributed by atoms with van der Waals surface area (Å²) < 4.78 is 12.3. The third-order valence-corrected chi connectivity index (χ3v) is 13.3. The van der Waals surface area contributed by atoms with E-state index >= 15 is 0 Å². The molecular weight excluding hydrogens is 650 g/mol. The minimum Gasteiger partial charge on any atom is -0.459 e. The molecule has 0 aromatic heterocycles. The summed E-state index contributed by atoms with van der Waals surface area (Å²) in [6.07, 6.45) is -2.37. The Bertz CT molecular complexity index is 1740. The Hall–Kier alpha value is -3.86. The van der Waals surface area contributed by atoms with E-state index in [1.165, 1.54) is 6.92 Å². The number of hydrogen-bond donors (Lipinski definition) is 4. The Morgan fingerprint density at radius 1 is 0.980 bits per heavy atom. The summed E-state index contributed by atoms with van der Waals surface area (Å²) in [5.74, 6) is -4.58. The minimum atomic E-state index is -1.82. The lowest BCUT2D eigenvalue weighted by atomic mass is 9.38. The first kappa shape index (κ1) is 36.9. The molecular formula is C41H51NO9. The van der Waals surface area contributed by atoms with Crippen LogP contribution in [0.1, 0.15) is 96.1 Å². The lowest BCUT2D eigenvalue weighted by Gasteiger charge is -2.69. The molecule has 2 aromatic rings. The molecule has 4 N–H and O–H groups in total. The van der Waals surface area contributed by atoms with Crippen LogP contribution in [0.5, 0.6) is 0 Å². The zero-order valence-electron chi connectivity index (χ0n) is 30.5. The van der Waals surface area contributed by atoms with Gasteiger partial charge in [-0.2, -0.15) is 0 Å². The van der Waals surface area contributed by atoms with E-state index in [0.29, 0.717) is 35.1 Å². The van der Waals surface area contributed by atoms with Gasteiger partial charge in [-0.3, -0.25) is 14.4 Å². The minimum absolute atomic E-state index is 0.0637. The summed E-state index contributed by atoms with van der Waals surface area (Å²) in [5.41, 5.74) is -2.94. The third-order valence-electron chi connectivity index (χ3n) is 13.3. The standard InChI is InChI=1S/C41H51NO9/c1-22-29(50-37(48)33(45)32(26-14-10-8-11-15-26)42-36(47)27-16-12-9-13-17-27)21-41(49)24(3)34-39(7,35(46)23(2)31(22)38(41,5)6)30(44)20-28-18-19-40(28,34)51-25(4)43/h8-17,23-24,28-30,32-34,44-45,49H,18-21H2,1-7H3,(H,42,47)/t23-,24+,28-,29+,30+,32+,33-,34+,39-,40+,41-/m1/s1. The fraction of sp³-hybridized carbons (Fsp3) is 0.561. The Balaban J connectivity index is 1.39. The van der Waals surface area contributed by atoms with Gasteiger partial charge in [-0.15, -0.1) is 0 Å². The lowest BCUT2D eigenvalue weighted by molar-refractivity contribution is -0.281. The monoisotopic (exact) mass is 701 g/mol. The Morgan fingerprint density at radius 2 is 1.59 bits per heavy atom. The Labute approximate surface area is 299 Å². The maximum atomic E-state index is 14.9. The molecule has 0 saturated heterocycles. The van der Waals surface area contributed by atoms with E-state index in [1.807, 2.05) is 20.8 Å². The number of ether oxygens (including phenoxy) is 2. The number of rotatable bonds is 7. The number of amides is 1. The summed E-state index contributed by atoms with van der Waals surface area (Å²) in [6.45, 7) is 12.3. The first-order chi connectivity index (χ1) is 23.9. The fourth-order valence-electron chi connectivity index (χ4n) is 10.7. The first-order valence-corrected chi connectivity index (χ1v) is 18.1. The summed E-state index contributed by atoms with van der Waals surface area (Å²) in [7, 11) is 0. The van der Waals surface area contributed by atoms with Crippen molar-refractivity contribution in [1.82, 2.24) is 5.32 Å². The van der Waals surface area contributed by atoms with Crippen LogP contribution in [-0.4, -0.2) is 68.5 Å². The van der Waals surface area contributed by atoms with Gasteiger partial charge >= 0.3 is 11.9 Å². The van der Waals surface area contributed by atoms with Gasteiger partial charge in [0.05, 0.1) is 23.2 Å². The summed E-state index contributed by atoms with van der Waals surface area (Å²) in [4.78, 5) is 54.7. The van der Waals surface area contributed by atoms with Crippen LogP contribution < -0.4 is 5.32 Å². The molecule has 51 heavy (non-hydrogen) atoms. The van der Waals surface area contributed by atoms with E-state index in [2.05, 4.69) is 5.32 Å². The van der Waals surface area contributed by atoms with Crippen molar-refractivity contribution in [2.75, 3.05) is 0 Å². The molecule has 6 rings (SSSR count). The van der Waals surface area contributed by atoms with Crippen LogP contribution in [0.15, 0.2) is 71.8 Å². The van der Waals surface area contributed by atoms with Crippen molar-refractivity contribution in [3.05, 3.63) is 82.9 Å². The SMILES string of the molecule is CC(=O)O[C@@]12CC[C@@H]1C[C@H](O)[C@@]1(C)C(=O)[C@H](C)C3=C(C)[C@@H](OC(=O)[C@H](O)[C@@H](NC(=O)c4ccccc4)c4ccccc4)C[C@@](O)([C@@H](C)[C@H]21)C3(C)C. The van der Waals surface area contributed by atoms with E-state index < -0.39 is 82.0 Å². The highest BCUT2D eigenvalue weighted by atomic mass is 16.6. The molecule has 0 aliphatic heterocycles. The van der Waals surface area contributed by atoms with Crippen molar-refractivity contribution in [2.24, 2.45) is 34.5 Å². The third kappa shape index (κ3) is 5.56. The second-order valence-electron chi connectivity index (χ2n) is 16.1. The normalized spacial score (nSPS) is 36.5.